The van der Waals surface area contributed by atoms with Gasteiger partial charge in [0.1, 0.15) is 5.75 Å². The van der Waals surface area contributed by atoms with Gasteiger partial charge in [-0.1, -0.05) is 29.0 Å². The number of thiazole rings is 1. The summed E-state index contributed by atoms with van der Waals surface area (Å²) < 4.78 is 38.7. The van der Waals surface area contributed by atoms with E-state index in [1.54, 1.807) is 31.4 Å². The molecule has 2 aromatic carbocycles. The Labute approximate surface area is 192 Å². The van der Waals surface area contributed by atoms with Crippen LogP contribution in [0.2, 0.25) is 0 Å². The van der Waals surface area contributed by atoms with Gasteiger partial charge in [0.05, 0.1) is 34.6 Å². The van der Waals surface area contributed by atoms with E-state index < -0.39 is 9.84 Å². The first-order chi connectivity index (χ1) is 15.3. The van der Waals surface area contributed by atoms with Crippen LogP contribution in [0.3, 0.4) is 0 Å². The number of ether oxygens (including phenoxy) is 2. The summed E-state index contributed by atoms with van der Waals surface area (Å²) >= 11 is 1.40. The van der Waals surface area contributed by atoms with Crippen LogP contribution in [0.4, 0.5) is 0 Å². The number of nitrogens with zero attached hydrogens (tertiary/aromatic N) is 2. The van der Waals surface area contributed by atoms with Crippen LogP contribution in [0.1, 0.15) is 25.3 Å². The van der Waals surface area contributed by atoms with Gasteiger partial charge in [-0.3, -0.25) is 4.79 Å². The van der Waals surface area contributed by atoms with Gasteiger partial charge in [-0.25, -0.2) is 8.42 Å². The molecule has 0 aliphatic carbocycles. The highest BCUT2D eigenvalue weighted by Gasteiger charge is 2.15. The van der Waals surface area contributed by atoms with Crippen molar-refractivity contribution < 1.29 is 22.7 Å². The van der Waals surface area contributed by atoms with E-state index in [0.717, 1.165) is 21.5 Å². The summed E-state index contributed by atoms with van der Waals surface area (Å²) in [6, 6.07) is 12.5. The maximum atomic E-state index is 12.5. The van der Waals surface area contributed by atoms with Crippen molar-refractivity contribution in [3.8, 4) is 5.75 Å². The number of carbonyl (C=O) groups is 1. The molecule has 0 unspecified atom stereocenters. The molecule has 0 atom stereocenters. The van der Waals surface area contributed by atoms with E-state index in [0.29, 0.717) is 24.6 Å². The third kappa shape index (κ3) is 6.05. The van der Waals surface area contributed by atoms with E-state index in [1.165, 1.54) is 11.3 Å². The predicted octanol–water partition coefficient (Wildman–Crippen LogP) is 3.74. The van der Waals surface area contributed by atoms with Crippen molar-refractivity contribution >= 4 is 37.3 Å². The Kier molecular flexibility index (Phi) is 8.22. The first kappa shape index (κ1) is 24.2. The van der Waals surface area contributed by atoms with Crippen LogP contribution >= 0.6 is 11.3 Å². The smallest absolute Gasteiger partial charge is 0.248 e. The molecule has 3 aromatic rings. The van der Waals surface area contributed by atoms with Gasteiger partial charge in [-0.05, 0) is 50.6 Å². The first-order valence-corrected chi connectivity index (χ1v) is 12.9. The quantitative estimate of drug-likeness (QED) is 0.416. The zero-order valence-corrected chi connectivity index (χ0v) is 20.2. The summed E-state index contributed by atoms with van der Waals surface area (Å²) in [5.41, 5.74) is 1.94. The highest BCUT2D eigenvalue weighted by Crippen LogP contribution is 2.23. The van der Waals surface area contributed by atoms with Crippen LogP contribution in [0.5, 0.6) is 5.75 Å². The average Bonchev–Trinajstić information content (AvgIpc) is 3.10. The zero-order chi connectivity index (χ0) is 23.1. The van der Waals surface area contributed by atoms with Gasteiger partial charge in [0.2, 0.25) is 5.91 Å². The fourth-order valence-corrected chi connectivity index (χ4v) is 5.63. The number of benzene rings is 2. The second-order valence-electron chi connectivity index (χ2n) is 7.31. The molecule has 9 heteroatoms. The fraction of sp³-hybridized carbons (Fsp3) is 0.391. The van der Waals surface area contributed by atoms with E-state index in [4.69, 9.17) is 9.47 Å². The van der Waals surface area contributed by atoms with Crippen LogP contribution in [0.25, 0.3) is 10.2 Å². The molecule has 1 amide bonds. The monoisotopic (exact) mass is 476 g/mol. The summed E-state index contributed by atoms with van der Waals surface area (Å²) in [7, 11) is -1.82. The molecule has 0 bridgehead atoms. The van der Waals surface area contributed by atoms with Crippen LogP contribution in [-0.2, 0) is 25.9 Å². The minimum Gasteiger partial charge on any atom is -0.497 e. The lowest BCUT2D eigenvalue weighted by atomic mass is 10.2. The molecule has 0 aliphatic rings. The van der Waals surface area contributed by atoms with E-state index in [9.17, 15) is 13.2 Å². The molecular weight excluding hydrogens is 448 g/mol. The lowest BCUT2D eigenvalue weighted by Crippen LogP contribution is -2.20. The molecule has 0 radical (unpaired) electrons. The lowest BCUT2D eigenvalue weighted by molar-refractivity contribution is -0.118. The predicted molar refractivity (Wildman–Crippen MR) is 126 cm³/mol. The first-order valence-electron chi connectivity index (χ1n) is 10.5. The topological polar surface area (TPSA) is 87.0 Å². The Morgan fingerprint density at radius 2 is 1.91 bits per heavy atom. The lowest BCUT2D eigenvalue weighted by Gasteiger charge is -2.06. The summed E-state index contributed by atoms with van der Waals surface area (Å²) in [5.74, 6) is 0.299. The van der Waals surface area contributed by atoms with Gasteiger partial charge in [0, 0.05) is 19.6 Å². The van der Waals surface area contributed by atoms with Gasteiger partial charge >= 0.3 is 0 Å². The number of aryl methyl sites for hydroxylation is 1. The Morgan fingerprint density at radius 1 is 1.16 bits per heavy atom. The van der Waals surface area contributed by atoms with Gasteiger partial charge in [0.25, 0.3) is 0 Å². The number of amides is 1. The molecule has 0 saturated heterocycles. The molecule has 172 valence electrons. The number of hydrogen-bond donors (Lipinski definition) is 0. The van der Waals surface area contributed by atoms with Crippen LogP contribution in [0, 0.1) is 6.92 Å². The molecule has 0 N–H and O–H groups in total. The van der Waals surface area contributed by atoms with Crippen molar-refractivity contribution in [2.45, 2.75) is 38.1 Å². The minimum absolute atomic E-state index is 0.0636. The van der Waals surface area contributed by atoms with Crippen LogP contribution in [0.15, 0.2) is 52.4 Å². The van der Waals surface area contributed by atoms with Crippen LogP contribution < -0.4 is 9.54 Å². The number of rotatable bonds is 10. The number of hydrogen-bond acceptors (Lipinski definition) is 6. The Bertz CT molecular complexity index is 1240. The maximum absolute atomic E-state index is 12.5. The van der Waals surface area contributed by atoms with Gasteiger partial charge in [0.15, 0.2) is 14.6 Å². The molecule has 0 spiro atoms. The summed E-state index contributed by atoms with van der Waals surface area (Å²) in [4.78, 5) is 17.7. The van der Waals surface area contributed by atoms with Crippen molar-refractivity contribution in [1.29, 1.82) is 0 Å². The summed E-state index contributed by atoms with van der Waals surface area (Å²) in [6.07, 6.45) is 0.282. The maximum Gasteiger partial charge on any atom is 0.248 e. The van der Waals surface area contributed by atoms with E-state index >= 15 is 0 Å². The SMILES string of the molecule is CCOCCn1c(=NC(=O)CCCS(=O)(=O)c2ccc(C)cc2)sc2cc(OC)ccc21. The highest BCUT2D eigenvalue weighted by atomic mass is 32.2. The van der Waals surface area contributed by atoms with Crippen molar-refractivity contribution in [1.82, 2.24) is 4.57 Å². The minimum atomic E-state index is -3.42. The second-order valence-corrected chi connectivity index (χ2v) is 10.4. The molecule has 3 rings (SSSR count). The van der Waals surface area contributed by atoms with E-state index in [2.05, 4.69) is 4.99 Å². The van der Waals surface area contributed by atoms with Crippen molar-refractivity contribution in [3.63, 3.8) is 0 Å². The highest BCUT2D eigenvalue weighted by molar-refractivity contribution is 7.91. The van der Waals surface area contributed by atoms with Crippen molar-refractivity contribution in [2.24, 2.45) is 4.99 Å². The third-order valence-electron chi connectivity index (χ3n) is 4.96. The molecule has 0 aliphatic heterocycles. The van der Waals surface area contributed by atoms with E-state index in [-0.39, 0.29) is 29.4 Å². The van der Waals surface area contributed by atoms with Gasteiger partial charge in [-0.2, -0.15) is 4.99 Å². The molecule has 0 fully saturated rings. The molecule has 0 saturated carbocycles. The third-order valence-corrected chi connectivity index (χ3v) is 7.82. The standard InChI is InChI=1S/C23H28N2O5S2/c1-4-30-14-13-25-20-12-9-18(29-3)16-21(20)31-23(25)24-22(26)6-5-15-32(27,28)19-10-7-17(2)8-11-19/h7-12,16H,4-6,13-15H2,1-3H3. The molecule has 32 heavy (non-hydrogen) atoms. The number of fused-ring (bicyclic) bond motifs is 1. The van der Waals surface area contributed by atoms with Crippen molar-refractivity contribution in [3.05, 3.63) is 52.8 Å². The average molecular weight is 477 g/mol. The Hall–Kier alpha value is -2.49. The molecule has 7 nitrogen and oxygen atoms in total. The number of sulfone groups is 1. The number of aromatic nitrogens is 1. The zero-order valence-electron chi connectivity index (χ0n) is 18.5. The molecule has 1 aromatic heterocycles. The normalized spacial score (nSPS) is 12.4. The number of carbonyl (C=O) groups excluding carboxylic acids is 1. The van der Waals surface area contributed by atoms with Crippen molar-refractivity contribution in [2.75, 3.05) is 26.1 Å². The van der Waals surface area contributed by atoms with Crippen LogP contribution in [-0.4, -0.2) is 45.0 Å². The Balaban J connectivity index is 1.75. The van der Waals surface area contributed by atoms with Gasteiger partial charge in [-0.15, -0.1) is 0 Å². The molecule has 1 heterocycles. The van der Waals surface area contributed by atoms with E-state index in [1.807, 2.05) is 36.6 Å². The largest absolute Gasteiger partial charge is 0.497 e. The molecular formula is C23H28N2O5S2. The summed E-state index contributed by atoms with van der Waals surface area (Å²) in [5, 5.41) is 0. The Morgan fingerprint density at radius 3 is 2.59 bits per heavy atom. The number of methoxy groups -OCH3 is 1. The van der Waals surface area contributed by atoms with Gasteiger partial charge < -0.3 is 14.0 Å². The fourth-order valence-electron chi connectivity index (χ4n) is 3.22. The second kappa shape index (κ2) is 10.9. The summed E-state index contributed by atoms with van der Waals surface area (Å²) in [6.45, 7) is 5.51.